The van der Waals surface area contributed by atoms with Crippen LogP contribution in [0.1, 0.15) is 35.2 Å². The molecule has 2 amide bonds. The summed E-state index contributed by atoms with van der Waals surface area (Å²) in [6, 6.07) is 8.96. The first-order valence-electron chi connectivity index (χ1n) is 14.0. The first-order valence-corrected chi connectivity index (χ1v) is 14.0. The zero-order valence-electron chi connectivity index (χ0n) is 23.1. The number of amides is 2. The van der Waals surface area contributed by atoms with Crippen LogP contribution < -0.4 is 11.1 Å². The normalized spacial score (nSPS) is 30.4. The Kier molecular flexibility index (Phi) is 6.43. The Balaban J connectivity index is 1.39. The van der Waals surface area contributed by atoms with Crippen molar-refractivity contribution in [3.8, 4) is 16.9 Å². The van der Waals surface area contributed by atoms with E-state index >= 15 is 0 Å². The van der Waals surface area contributed by atoms with Crippen molar-refractivity contribution < 1.29 is 39.0 Å². The maximum atomic E-state index is 13.9. The topological polar surface area (TPSA) is 184 Å². The molecule has 2 unspecified atom stereocenters. The summed E-state index contributed by atoms with van der Waals surface area (Å²) >= 11 is 0. The molecule has 6 rings (SSSR count). The monoisotopic (exact) mass is 573 g/mol. The third-order valence-corrected chi connectivity index (χ3v) is 9.36. The van der Waals surface area contributed by atoms with Crippen LogP contribution in [0.25, 0.3) is 11.1 Å². The number of rotatable bonds is 5. The first-order chi connectivity index (χ1) is 19.9. The molecule has 3 saturated carbocycles. The minimum atomic E-state index is -2.76. The number of nitrogens with one attached hydrogen (secondary N) is 1. The minimum absolute atomic E-state index is 0.0227. The van der Waals surface area contributed by atoms with Crippen molar-refractivity contribution in [2.45, 2.75) is 37.3 Å². The summed E-state index contributed by atoms with van der Waals surface area (Å²) in [4.78, 5) is 80.2. The van der Waals surface area contributed by atoms with Crippen molar-refractivity contribution in [1.82, 2.24) is 4.90 Å². The smallest absolute Gasteiger partial charge is 0.235 e. The summed E-state index contributed by atoms with van der Waals surface area (Å²) in [6.07, 6.45) is 1.90. The van der Waals surface area contributed by atoms with Crippen molar-refractivity contribution >= 4 is 40.6 Å². The average molecular weight is 574 g/mol. The van der Waals surface area contributed by atoms with E-state index in [-0.39, 0.29) is 36.0 Å². The third-order valence-electron chi connectivity index (χ3n) is 9.36. The molecule has 4 aliphatic carbocycles. The van der Waals surface area contributed by atoms with Gasteiger partial charge in [-0.15, -0.1) is 0 Å². The van der Waals surface area contributed by atoms with Crippen molar-refractivity contribution in [1.29, 1.82) is 0 Å². The van der Waals surface area contributed by atoms with E-state index in [1.54, 1.807) is 44.4 Å². The Hall–Kier alpha value is -4.22. The maximum absolute atomic E-state index is 13.9. The Morgan fingerprint density at radius 2 is 1.67 bits per heavy atom. The van der Waals surface area contributed by atoms with Gasteiger partial charge in [0.1, 0.15) is 5.75 Å². The molecule has 218 valence electrons. The number of phenolic OH excluding ortho intramolecular Hbond substituents is 1. The molecule has 2 aromatic carbocycles. The second kappa shape index (κ2) is 9.67. The van der Waals surface area contributed by atoms with E-state index in [0.717, 1.165) is 18.4 Å². The van der Waals surface area contributed by atoms with Crippen LogP contribution in [0.3, 0.4) is 0 Å². The molecule has 0 saturated heterocycles. The average Bonchev–Trinajstić information content (AvgIpc) is 3.77. The van der Waals surface area contributed by atoms with Crippen LogP contribution >= 0.6 is 0 Å². The second-order valence-corrected chi connectivity index (χ2v) is 12.1. The molecule has 2 aromatic rings. The molecule has 5 N–H and O–H groups in total. The van der Waals surface area contributed by atoms with Crippen molar-refractivity contribution in [3.63, 3.8) is 0 Å². The first kappa shape index (κ1) is 27.9. The van der Waals surface area contributed by atoms with Crippen LogP contribution in [0.4, 0.5) is 5.69 Å². The molecule has 4 aliphatic rings. The quantitative estimate of drug-likeness (QED) is 0.377. The van der Waals surface area contributed by atoms with Gasteiger partial charge in [0.25, 0.3) is 0 Å². The van der Waals surface area contributed by atoms with Gasteiger partial charge in [0.15, 0.2) is 34.7 Å². The van der Waals surface area contributed by atoms with E-state index in [0.29, 0.717) is 16.8 Å². The molecule has 0 heterocycles. The zero-order valence-corrected chi connectivity index (χ0v) is 23.1. The number of carbonyl (C=O) groups is 6. The molecule has 0 spiro atoms. The van der Waals surface area contributed by atoms with Crippen LogP contribution in [-0.2, 0) is 30.4 Å². The Morgan fingerprint density at radius 3 is 2.26 bits per heavy atom. The molecule has 42 heavy (non-hydrogen) atoms. The van der Waals surface area contributed by atoms with E-state index in [1.165, 1.54) is 11.0 Å². The number of hydrogen-bond donors (Lipinski definition) is 4. The highest BCUT2D eigenvalue weighted by Gasteiger charge is 2.69. The summed E-state index contributed by atoms with van der Waals surface area (Å²) in [5.41, 5.74) is 5.05. The van der Waals surface area contributed by atoms with E-state index in [2.05, 4.69) is 5.32 Å². The van der Waals surface area contributed by atoms with Gasteiger partial charge in [0.2, 0.25) is 11.8 Å². The lowest BCUT2D eigenvalue weighted by Crippen LogP contribution is -2.74. The number of carbonyl (C=O) groups excluding carboxylic acids is 6. The fourth-order valence-electron chi connectivity index (χ4n) is 7.20. The molecule has 0 aliphatic heterocycles. The molecular formula is C31H31N3O8. The number of phenols is 1. The van der Waals surface area contributed by atoms with Crippen LogP contribution in [0.15, 0.2) is 36.4 Å². The van der Waals surface area contributed by atoms with Crippen molar-refractivity contribution in [3.05, 3.63) is 47.5 Å². The Bertz CT molecular complexity index is 1580. The molecular weight excluding hydrogens is 542 g/mol. The number of nitrogens with two attached hydrogens (primary N) is 1. The Morgan fingerprint density at radius 1 is 1.00 bits per heavy atom. The molecule has 0 aromatic heterocycles. The summed E-state index contributed by atoms with van der Waals surface area (Å²) in [7, 11) is 3.09. The lowest BCUT2D eigenvalue weighted by atomic mass is 9.52. The molecule has 6 atom stereocenters. The summed E-state index contributed by atoms with van der Waals surface area (Å²) in [5, 5.41) is 25.3. The highest BCUT2D eigenvalue weighted by atomic mass is 16.3. The number of fused-ring (bicyclic) bond motifs is 3. The largest absolute Gasteiger partial charge is 0.507 e. The highest BCUT2D eigenvalue weighted by molar-refractivity contribution is 6.32. The highest BCUT2D eigenvalue weighted by Crippen LogP contribution is 2.51. The van der Waals surface area contributed by atoms with Crippen LogP contribution in [0, 0.1) is 29.6 Å². The number of benzene rings is 2. The number of anilines is 1. The number of aliphatic hydroxyl groups is 1. The number of Topliss-reactive ketones (excluding diaryl/α,β-unsaturated/α-hetero) is 4. The maximum Gasteiger partial charge on any atom is 0.235 e. The Labute approximate surface area is 241 Å². The number of primary amides is 1. The van der Waals surface area contributed by atoms with E-state index in [9.17, 15) is 39.0 Å². The van der Waals surface area contributed by atoms with Gasteiger partial charge in [0.05, 0.1) is 17.5 Å². The van der Waals surface area contributed by atoms with Crippen LogP contribution in [0.5, 0.6) is 5.75 Å². The van der Waals surface area contributed by atoms with Crippen LogP contribution in [-0.4, -0.2) is 75.8 Å². The van der Waals surface area contributed by atoms with Gasteiger partial charge in [0, 0.05) is 17.5 Å². The predicted molar refractivity (Wildman–Crippen MR) is 148 cm³/mol. The van der Waals surface area contributed by atoms with Crippen molar-refractivity contribution in [2.24, 2.45) is 35.3 Å². The van der Waals surface area contributed by atoms with Crippen molar-refractivity contribution in [2.75, 3.05) is 19.4 Å². The number of likely N-dealkylation sites (N-methyl/N-ethyl adjacent to an activating group) is 1. The zero-order chi connectivity index (χ0) is 30.2. The van der Waals surface area contributed by atoms with E-state index < -0.39 is 64.4 Å². The number of ketones is 4. The van der Waals surface area contributed by atoms with Gasteiger partial charge < -0.3 is 21.3 Å². The number of aromatic hydroxyl groups is 1. The fourth-order valence-corrected chi connectivity index (χ4v) is 7.20. The van der Waals surface area contributed by atoms with Gasteiger partial charge in [-0.1, -0.05) is 18.2 Å². The fraction of sp³-hybridized carbons (Fsp3) is 0.419. The molecule has 3 fully saturated rings. The van der Waals surface area contributed by atoms with Gasteiger partial charge in [-0.05, 0) is 80.6 Å². The van der Waals surface area contributed by atoms with Crippen LogP contribution in [0.2, 0.25) is 0 Å². The lowest BCUT2D eigenvalue weighted by molar-refractivity contribution is -0.181. The van der Waals surface area contributed by atoms with E-state index in [4.69, 9.17) is 5.73 Å². The number of hydrogen-bond acceptors (Lipinski definition) is 9. The third kappa shape index (κ3) is 4.02. The molecule has 0 bridgehead atoms. The van der Waals surface area contributed by atoms with Gasteiger partial charge >= 0.3 is 0 Å². The van der Waals surface area contributed by atoms with Gasteiger partial charge in [-0.2, -0.15) is 0 Å². The van der Waals surface area contributed by atoms with E-state index in [1.807, 2.05) is 0 Å². The van der Waals surface area contributed by atoms with Gasteiger partial charge in [-0.25, -0.2) is 0 Å². The second-order valence-electron chi connectivity index (χ2n) is 12.1. The summed E-state index contributed by atoms with van der Waals surface area (Å²) in [6.45, 7) is 0. The predicted octanol–water partition coefficient (Wildman–Crippen LogP) is 0.883. The summed E-state index contributed by atoms with van der Waals surface area (Å²) in [5.74, 6) is -10.8. The summed E-state index contributed by atoms with van der Waals surface area (Å²) < 4.78 is 0. The standard InChI is InChI=1S/C31H31N3O8/c1-34(2)24-19-12-15-11-18-17(13-5-7-16(8-6-13)33-30(41)14-3-4-14)9-10-20(35)22(18)25(36)21(15)27(38)31(19,42)28(39)23(26(24)37)29(32)40/h5-10,14-15,19,21,23-24,35,42H,3-4,11-12H2,1-2H3,(H2,32,40)(H,33,41)/t15-,19-,21?,23?,24-,31-/m0/s1. The molecule has 0 radical (unpaired) electrons. The minimum Gasteiger partial charge on any atom is -0.507 e. The number of nitrogens with zero attached hydrogens (tertiary/aromatic N) is 1. The molecule has 11 heteroatoms. The van der Waals surface area contributed by atoms with Gasteiger partial charge in [-0.3, -0.25) is 33.7 Å². The lowest BCUT2D eigenvalue weighted by Gasteiger charge is -2.52. The SMILES string of the molecule is CN(C)[C@@H]1C(=O)C(C(N)=O)C(=O)[C@@]2(O)C(=O)C3C(=O)c4c(O)ccc(-c5ccc(NC(=O)C6CC6)cc5)c4C[C@H]3C[C@@H]12. The molecule has 11 nitrogen and oxygen atoms in total.